The third-order valence-electron chi connectivity index (χ3n) is 5.87. The summed E-state index contributed by atoms with van der Waals surface area (Å²) in [4.78, 5) is 23.4. The molecule has 0 unspecified atom stereocenters. The number of carbonyl (C=O) groups is 1. The minimum Gasteiger partial charge on any atom is -0.465 e. The Labute approximate surface area is 192 Å². The molecule has 5 heterocycles. The van der Waals surface area contributed by atoms with E-state index in [1.54, 1.807) is 41.4 Å². The van der Waals surface area contributed by atoms with Crippen LogP contribution in [0.2, 0.25) is 0 Å². The van der Waals surface area contributed by atoms with E-state index in [9.17, 15) is 4.79 Å². The van der Waals surface area contributed by atoms with Crippen molar-refractivity contribution < 1.29 is 9.21 Å². The number of aromatic nitrogens is 4. The third kappa shape index (κ3) is 4.67. The van der Waals surface area contributed by atoms with Gasteiger partial charge in [0.1, 0.15) is 25.1 Å². The first kappa shape index (κ1) is 21.0. The topological polar surface area (TPSA) is 88.6 Å². The monoisotopic (exact) mass is 438 g/mol. The molecule has 1 saturated heterocycles. The maximum Gasteiger partial charge on any atom is 0.246 e. The molecule has 1 aliphatic heterocycles. The van der Waals surface area contributed by atoms with E-state index in [4.69, 9.17) is 17.2 Å². The lowest BCUT2D eigenvalue weighted by molar-refractivity contribution is -0.127. The second-order valence-corrected chi connectivity index (χ2v) is 8.06. The number of amides is 1. The van der Waals surface area contributed by atoms with Gasteiger partial charge in [-0.25, -0.2) is 4.98 Å². The number of nitrogens with one attached hydrogen (secondary N) is 1. The van der Waals surface area contributed by atoms with Gasteiger partial charge in [-0.3, -0.25) is 9.78 Å². The maximum atomic E-state index is 12.5. The lowest BCUT2D eigenvalue weighted by atomic mass is 9.92. The highest BCUT2D eigenvalue weighted by Crippen LogP contribution is 2.29. The summed E-state index contributed by atoms with van der Waals surface area (Å²) in [6.07, 6.45) is 11.7. The van der Waals surface area contributed by atoms with Gasteiger partial charge in [0.2, 0.25) is 5.91 Å². The highest BCUT2D eigenvalue weighted by atomic mass is 16.3. The number of anilines is 1. The molecule has 8 nitrogen and oxygen atoms in total. The second kappa shape index (κ2) is 9.32. The number of carbonyl (C=O) groups excluding carboxylic acids is 1. The van der Waals surface area contributed by atoms with Gasteiger partial charge in [0.25, 0.3) is 0 Å². The predicted molar refractivity (Wildman–Crippen MR) is 126 cm³/mol. The minimum absolute atomic E-state index is 0.00729. The highest BCUT2D eigenvalue weighted by Gasteiger charge is 2.25. The molecule has 1 amide bonds. The summed E-state index contributed by atoms with van der Waals surface area (Å²) < 4.78 is 6.98. The van der Waals surface area contributed by atoms with Gasteiger partial charge in [-0.2, -0.15) is 9.61 Å². The first-order chi connectivity index (χ1) is 16.2. The summed E-state index contributed by atoms with van der Waals surface area (Å²) in [6, 6.07) is 9.58. The number of nitrogens with zero attached hydrogens (tertiary/aromatic N) is 5. The van der Waals surface area contributed by atoms with Crippen LogP contribution in [0.3, 0.4) is 0 Å². The average molecular weight is 438 g/mol. The van der Waals surface area contributed by atoms with Crippen molar-refractivity contribution in [2.75, 3.05) is 18.4 Å². The smallest absolute Gasteiger partial charge is 0.246 e. The molecule has 2 radical (unpaired) electrons. The Hall–Kier alpha value is -3.88. The summed E-state index contributed by atoms with van der Waals surface area (Å²) in [5, 5.41) is 7.81. The van der Waals surface area contributed by atoms with E-state index in [2.05, 4.69) is 15.4 Å². The number of pyridine rings is 1. The van der Waals surface area contributed by atoms with Crippen molar-refractivity contribution in [2.45, 2.75) is 25.3 Å². The summed E-state index contributed by atoms with van der Waals surface area (Å²) >= 11 is 0. The van der Waals surface area contributed by atoms with E-state index in [0.29, 0.717) is 36.5 Å². The molecule has 0 spiro atoms. The largest absolute Gasteiger partial charge is 0.465 e. The van der Waals surface area contributed by atoms with Crippen LogP contribution in [0.25, 0.3) is 11.7 Å². The van der Waals surface area contributed by atoms with Crippen molar-refractivity contribution in [3.05, 3.63) is 78.3 Å². The average Bonchev–Trinajstić information content (AvgIpc) is 3.52. The van der Waals surface area contributed by atoms with Crippen LogP contribution in [-0.4, -0.2) is 51.3 Å². The molecule has 0 atom stereocenters. The van der Waals surface area contributed by atoms with Gasteiger partial charge in [-0.15, -0.1) is 0 Å². The van der Waals surface area contributed by atoms with Crippen molar-refractivity contribution in [2.24, 2.45) is 0 Å². The molecular formula is C24H23BN6O2. The number of fused-ring (bicyclic) bond motifs is 1. The van der Waals surface area contributed by atoms with Gasteiger partial charge in [0.05, 0.1) is 6.26 Å². The van der Waals surface area contributed by atoms with E-state index in [0.717, 1.165) is 29.9 Å². The summed E-state index contributed by atoms with van der Waals surface area (Å²) in [6.45, 7) is 1.96. The number of rotatable bonds is 6. The molecule has 1 aliphatic rings. The SMILES string of the molecule is [B]c1cnn2c(NCc3cccnc3)cc(C3CCN(C(=O)/C=C/c4ccco4)CC3)nc12. The number of likely N-dealkylation sites (tertiary alicyclic amines) is 1. The van der Waals surface area contributed by atoms with Crippen LogP contribution in [0, 0.1) is 0 Å². The molecule has 4 aromatic heterocycles. The van der Waals surface area contributed by atoms with E-state index in [-0.39, 0.29) is 11.8 Å². The lowest BCUT2D eigenvalue weighted by Gasteiger charge is -2.31. The molecule has 0 saturated carbocycles. The standard InChI is InChI=1S/C24H23BN6O2/c25-20-16-28-31-22(27-15-17-3-1-9-26-14-17)13-21(29-24(20)31)18-7-10-30(11-8-18)23(32)6-5-19-4-2-12-33-19/h1-6,9,12-14,16,18,27H,7-8,10-11,15H2/b6-5+. The fraction of sp³-hybridized carbons (Fsp3) is 0.250. The van der Waals surface area contributed by atoms with Crippen LogP contribution in [-0.2, 0) is 11.3 Å². The fourth-order valence-corrected chi connectivity index (χ4v) is 4.07. The summed E-state index contributed by atoms with van der Waals surface area (Å²) in [5.74, 6) is 1.73. The van der Waals surface area contributed by atoms with Crippen molar-refractivity contribution in [3.63, 3.8) is 0 Å². The Balaban J connectivity index is 1.29. The molecule has 1 N–H and O–H groups in total. The number of furan rings is 1. The van der Waals surface area contributed by atoms with Crippen molar-refractivity contribution in [1.82, 2.24) is 24.5 Å². The highest BCUT2D eigenvalue weighted by molar-refractivity contribution is 6.36. The van der Waals surface area contributed by atoms with Crippen LogP contribution >= 0.6 is 0 Å². The summed E-state index contributed by atoms with van der Waals surface area (Å²) in [7, 11) is 6.13. The molecule has 0 aromatic carbocycles. The van der Waals surface area contributed by atoms with Crippen LogP contribution < -0.4 is 10.8 Å². The molecule has 1 fully saturated rings. The Morgan fingerprint density at radius 3 is 2.88 bits per heavy atom. The molecule has 9 heteroatoms. The zero-order valence-corrected chi connectivity index (χ0v) is 18.1. The Morgan fingerprint density at radius 1 is 1.24 bits per heavy atom. The fourth-order valence-electron chi connectivity index (χ4n) is 4.07. The van der Waals surface area contributed by atoms with Crippen LogP contribution in [0.4, 0.5) is 5.82 Å². The first-order valence-electron chi connectivity index (χ1n) is 10.9. The van der Waals surface area contributed by atoms with Crippen LogP contribution in [0.1, 0.15) is 35.8 Å². The quantitative estimate of drug-likeness (QED) is 0.368. The number of hydrogen-bond donors (Lipinski definition) is 1. The molecule has 0 aliphatic carbocycles. The van der Waals surface area contributed by atoms with E-state index >= 15 is 0 Å². The number of piperidine rings is 1. The molecule has 5 rings (SSSR count). The number of hydrogen-bond acceptors (Lipinski definition) is 6. The second-order valence-electron chi connectivity index (χ2n) is 8.06. The third-order valence-corrected chi connectivity index (χ3v) is 5.87. The van der Waals surface area contributed by atoms with Gasteiger partial charge in [-0.1, -0.05) is 6.07 Å². The van der Waals surface area contributed by atoms with Gasteiger partial charge >= 0.3 is 0 Å². The maximum absolute atomic E-state index is 12.5. The van der Waals surface area contributed by atoms with E-state index in [1.807, 2.05) is 35.4 Å². The summed E-state index contributed by atoms with van der Waals surface area (Å²) in [5.41, 5.74) is 3.21. The molecular weight excluding hydrogens is 415 g/mol. The first-order valence-corrected chi connectivity index (χ1v) is 10.9. The van der Waals surface area contributed by atoms with Gasteiger partial charge in [0.15, 0.2) is 0 Å². The zero-order valence-electron chi connectivity index (χ0n) is 18.1. The molecule has 4 aromatic rings. The van der Waals surface area contributed by atoms with E-state index < -0.39 is 0 Å². The Kier molecular flexibility index (Phi) is 5.93. The Morgan fingerprint density at radius 2 is 2.12 bits per heavy atom. The minimum atomic E-state index is -0.00729. The lowest BCUT2D eigenvalue weighted by Crippen LogP contribution is -2.37. The predicted octanol–water partition coefficient (Wildman–Crippen LogP) is 2.54. The van der Waals surface area contributed by atoms with Crippen molar-refractivity contribution in [1.29, 1.82) is 0 Å². The van der Waals surface area contributed by atoms with Crippen LogP contribution in [0.5, 0.6) is 0 Å². The van der Waals surface area contributed by atoms with Gasteiger partial charge < -0.3 is 14.6 Å². The van der Waals surface area contributed by atoms with Crippen molar-refractivity contribution in [3.8, 4) is 0 Å². The van der Waals surface area contributed by atoms with Crippen LogP contribution in [0.15, 0.2) is 65.7 Å². The molecule has 164 valence electrons. The molecule has 0 bridgehead atoms. The zero-order chi connectivity index (χ0) is 22.6. The van der Waals surface area contributed by atoms with Gasteiger partial charge in [-0.05, 0) is 48.1 Å². The van der Waals surface area contributed by atoms with E-state index in [1.165, 1.54) is 0 Å². The molecule has 33 heavy (non-hydrogen) atoms. The van der Waals surface area contributed by atoms with Crippen molar-refractivity contribution >= 4 is 36.8 Å². The van der Waals surface area contributed by atoms with Gasteiger partial charge in [0, 0.05) is 62.0 Å². The normalized spacial score (nSPS) is 14.8. The Bertz CT molecular complexity index is 1260.